The maximum atomic E-state index is 5.05. The van der Waals surface area contributed by atoms with Gasteiger partial charge in [-0.2, -0.15) is 0 Å². The molecule has 0 atom stereocenters. The van der Waals surface area contributed by atoms with E-state index in [-0.39, 0.29) is 0 Å². The van der Waals surface area contributed by atoms with Gasteiger partial charge in [-0.3, -0.25) is 0 Å². The quantitative estimate of drug-likeness (QED) is 0.802. The van der Waals surface area contributed by atoms with Crippen LogP contribution in [0.3, 0.4) is 0 Å². The minimum atomic E-state index is 0.752. The Bertz CT molecular complexity index is 484. The fraction of sp³-hybridized carbons (Fsp3) is 0.500. The van der Waals surface area contributed by atoms with Gasteiger partial charge in [-0.15, -0.1) is 11.3 Å². The third kappa shape index (κ3) is 2.92. The molecule has 0 spiro atoms. The number of ether oxygens (including phenoxy) is 1. The van der Waals surface area contributed by atoms with Gasteiger partial charge in [0.05, 0.1) is 5.39 Å². The number of hydrogen-bond acceptors (Lipinski definition) is 5. The minimum absolute atomic E-state index is 0.752. The zero-order chi connectivity index (χ0) is 12.1. The highest BCUT2D eigenvalue weighted by atomic mass is 32.1. The SMILES string of the molecule is CCNc1nc(CCCOC)nc2sccc12. The van der Waals surface area contributed by atoms with Crippen molar-refractivity contribution in [1.82, 2.24) is 9.97 Å². The molecule has 0 bridgehead atoms. The standard InChI is InChI=1S/C12H17N3OS/c1-3-13-11-9-6-8-17-12(9)15-10(14-11)5-4-7-16-2/h6,8H,3-5,7H2,1-2H3,(H,13,14,15). The van der Waals surface area contributed by atoms with Crippen molar-refractivity contribution in [2.24, 2.45) is 0 Å². The van der Waals surface area contributed by atoms with Crippen LogP contribution in [0.25, 0.3) is 10.2 Å². The molecule has 2 heterocycles. The van der Waals surface area contributed by atoms with E-state index >= 15 is 0 Å². The number of nitrogens with one attached hydrogen (secondary N) is 1. The molecule has 0 fully saturated rings. The first-order valence-electron chi connectivity index (χ1n) is 5.82. The van der Waals surface area contributed by atoms with Gasteiger partial charge in [0, 0.05) is 26.7 Å². The Morgan fingerprint density at radius 2 is 2.29 bits per heavy atom. The Kier molecular flexibility index (Phi) is 4.28. The summed E-state index contributed by atoms with van der Waals surface area (Å²) in [5.74, 6) is 1.85. The number of fused-ring (bicyclic) bond motifs is 1. The van der Waals surface area contributed by atoms with Gasteiger partial charge in [-0.05, 0) is 24.8 Å². The monoisotopic (exact) mass is 251 g/mol. The second-order valence-corrected chi connectivity index (χ2v) is 4.65. The molecule has 1 N–H and O–H groups in total. The average molecular weight is 251 g/mol. The summed E-state index contributed by atoms with van der Waals surface area (Å²) in [6.07, 6.45) is 1.82. The second-order valence-electron chi connectivity index (χ2n) is 3.75. The number of rotatable bonds is 6. The van der Waals surface area contributed by atoms with Gasteiger partial charge in [-0.25, -0.2) is 9.97 Å². The highest BCUT2D eigenvalue weighted by Gasteiger charge is 2.07. The van der Waals surface area contributed by atoms with Crippen LogP contribution in [-0.2, 0) is 11.2 Å². The van der Waals surface area contributed by atoms with E-state index in [1.54, 1.807) is 18.4 Å². The molecule has 17 heavy (non-hydrogen) atoms. The lowest BCUT2D eigenvalue weighted by Gasteiger charge is -2.06. The van der Waals surface area contributed by atoms with Crippen LogP contribution in [0.5, 0.6) is 0 Å². The van der Waals surface area contributed by atoms with E-state index in [4.69, 9.17) is 4.74 Å². The summed E-state index contributed by atoms with van der Waals surface area (Å²) in [4.78, 5) is 10.2. The van der Waals surface area contributed by atoms with Gasteiger partial charge in [0.1, 0.15) is 16.5 Å². The third-order valence-electron chi connectivity index (χ3n) is 2.46. The summed E-state index contributed by atoms with van der Waals surface area (Å²) in [5, 5.41) is 6.46. The van der Waals surface area contributed by atoms with Crippen LogP contribution in [-0.4, -0.2) is 30.2 Å². The molecule has 0 aromatic carbocycles. The fourth-order valence-corrected chi connectivity index (χ4v) is 2.47. The average Bonchev–Trinajstić information content (AvgIpc) is 2.78. The smallest absolute Gasteiger partial charge is 0.138 e. The molecule has 0 unspecified atom stereocenters. The Morgan fingerprint density at radius 1 is 1.41 bits per heavy atom. The minimum Gasteiger partial charge on any atom is -0.385 e. The Balaban J connectivity index is 2.24. The van der Waals surface area contributed by atoms with E-state index in [9.17, 15) is 0 Å². The van der Waals surface area contributed by atoms with Crippen molar-refractivity contribution in [3.05, 3.63) is 17.3 Å². The highest BCUT2D eigenvalue weighted by molar-refractivity contribution is 7.16. The van der Waals surface area contributed by atoms with Crippen LogP contribution in [0, 0.1) is 0 Å². The van der Waals surface area contributed by atoms with E-state index < -0.39 is 0 Å². The number of methoxy groups -OCH3 is 1. The molecule has 0 saturated heterocycles. The van der Waals surface area contributed by atoms with Crippen molar-refractivity contribution in [3.8, 4) is 0 Å². The number of aromatic nitrogens is 2. The zero-order valence-corrected chi connectivity index (χ0v) is 11.0. The maximum absolute atomic E-state index is 5.05. The van der Waals surface area contributed by atoms with Gasteiger partial charge >= 0.3 is 0 Å². The number of aryl methyl sites for hydroxylation is 1. The molecule has 0 aliphatic heterocycles. The van der Waals surface area contributed by atoms with E-state index in [1.807, 2.05) is 0 Å². The summed E-state index contributed by atoms with van der Waals surface area (Å²) >= 11 is 1.66. The van der Waals surface area contributed by atoms with Crippen LogP contribution in [0.1, 0.15) is 19.2 Å². The van der Waals surface area contributed by atoms with E-state index in [2.05, 4.69) is 33.7 Å². The second kappa shape index (κ2) is 5.93. The Morgan fingerprint density at radius 3 is 3.06 bits per heavy atom. The summed E-state index contributed by atoms with van der Waals surface area (Å²) in [7, 11) is 1.72. The van der Waals surface area contributed by atoms with Gasteiger partial charge in [0.15, 0.2) is 0 Å². The van der Waals surface area contributed by atoms with Crippen LogP contribution in [0.2, 0.25) is 0 Å². The number of nitrogens with zero attached hydrogens (tertiary/aromatic N) is 2. The number of thiophene rings is 1. The van der Waals surface area contributed by atoms with Gasteiger partial charge in [0.25, 0.3) is 0 Å². The normalized spacial score (nSPS) is 10.9. The molecule has 2 aromatic heterocycles. The van der Waals surface area contributed by atoms with Gasteiger partial charge < -0.3 is 10.1 Å². The Hall–Kier alpha value is -1.20. The van der Waals surface area contributed by atoms with E-state index in [1.165, 1.54) is 0 Å². The summed E-state index contributed by atoms with van der Waals surface area (Å²) in [6.45, 7) is 3.70. The highest BCUT2D eigenvalue weighted by Crippen LogP contribution is 2.25. The molecule has 0 aliphatic carbocycles. The predicted octanol–water partition coefficient (Wildman–Crippen LogP) is 2.70. The molecule has 2 rings (SSSR count). The molecule has 0 amide bonds. The molecule has 5 heteroatoms. The molecular formula is C12H17N3OS. The molecular weight excluding hydrogens is 234 g/mol. The van der Waals surface area contributed by atoms with Crippen molar-refractivity contribution in [1.29, 1.82) is 0 Å². The largest absolute Gasteiger partial charge is 0.385 e. The van der Waals surface area contributed by atoms with Crippen molar-refractivity contribution in [3.63, 3.8) is 0 Å². The van der Waals surface area contributed by atoms with Crippen molar-refractivity contribution in [2.75, 3.05) is 25.6 Å². The zero-order valence-electron chi connectivity index (χ0n) is 10.2. The van der Waals surface area contributed by atoms with Crippen molar-refractivity contribution < 1.29 is 4.74 Å². The maximum Gasteiger partial charge on any atom is 0.138 e. The topological polar surface area (TPSA) is 47.0 Å². The molecule has 0 saturated carbocycles. The third-order valence-corrected chi connectivity index (χ3v) is 3.27. The van der Waals surface area contributed by atoms with Crippen LogP contribution < -0.4 is 5.32 Å². The van der Waals surface area contributed by atoms with E-state index in [0.29, 0.717) is 0 Å². The molecule has 4 nitrogen and oxygen atoms in total. The van der Waals surface area contributed by atoms with Crippen molar-refractivity contribution >= 4 is 27.4 Å². The van der Waals surface area contributed by atoms with Crippen LogP contribution >= 0.6 is 11.3 Å². The lowest BCUT2D eigenvalue weighted by atomic mass is 10.3. The number of anilines is 1. The molecule has 0 aliphatic rings. The lowest BCUT2D eigenvalue weighted by molar-refractivity contribution is 0.194. The molecule has 0 radical (unpaired) electrons. The molecule has 2 aromatic rings. The predicted molar refractivity (Wildman–Crippen MR) is 71.8 cm³/mol. The van der Waals surface area contributed by atoms with Crippen LogP contribution in [0.4, 0.5) is 5.82 Å². The number of hydrogen-bond donors (Lipinski definition) is 1. The van der Waals surface area contributed by atoms with Gasteiger partial charge in [0.2, 0.25) is 0 Å². The summed E-state index contributed by atoms with van der Waals surface area (Å²) < 4.78 is 5.05. The first-order chi connectivity index (χ1) is 8.35. The van der Waals surface area contributed by atoms with Crippen molar-refractivity contribution in [2.45, 2.75) is 19.8 Å². The first-order valence-corrected chi connectivity index (χ1v) is 6.70. The van der Waals surface area contributed by atoms with E-state index in [0.717, 1.165) is 47.9 Å². The summed E-state index contributed by atoms with van der Waals surface area (Å²) in [6, 6.07) is 2.07. The first kappa shape index (κ1) is 12.3. The molecule has 92 valence electrons. The lowest BCUT2D eigenvalue weighted by Crippen LogP contribution is -2.04. The summed E-state index contributed by atoms with van der Waals surface area (Å²) in [5.41, 5.74) is 0. The van der Waals surface area contributed by atoms with Crippen LogP contribution in [0.15, 0.2) is 11.4 Å². The van der Waals surface area contributed by atoms with Gasteiger partial charge in [-0.1, -0.05) is 0 Å². The fourth-order valence-electron chi connectivity index (χ4n) is 1.69. The Labute approximate surface area is 105 Å².